The van der Waals surface area contributed by atoms with Crippen LogP contribution in [-0.4, -0.2) is 41.6 Å². The lowest BCUT2D eigenvalue weighted by atomic mass is 10.2. The molecule has 0 aliphatic carbocycles. The number of carbonyl (C=O) groups is 1. The predicted octanol–water partition coefficient (Wildman–Crippen LogP) is 3.03. The summed E-state index contributed by atoms with van der Waals surface area (Å²) in [5.74, 6) is 0.391. The Kier molecular flexibility index (Phi) is 3.83. The maximum Gasteiger partial charge on any atom is 0.289 e. The predicted molar refractivity (Wildman–Crippen MR) is 92.6 cm³/mol. The summed E-state index contributed by atoms with van der Waals surface area (Å²) in [7, 11) is 0. The number of anilines is 1. The number of furan rings is 1. The first-order valence-electron chi connectivity index (χ1n) is 8.12. The number of nitrogens with zero attached hydrogens (tertiary/aromatic N) is 3. The van der Waals surface area contributed by atoms with Gasteiger partial charge in [0.25, 0.3) is 5.91 Å². The highest BCUT2D eigenvalue weighted by Gasteiger charge is 2.23. The van der Waals surface area contributed by atoms with Crippen LogP contribution in [0.1, 0.15) is 10.6 Å². The fraction of sp³-hybridized carbons (Fsp3) is 0.211. The van der Waals surface area contributed by atoms with Crippen molar-refractivity contribution in [1.29, 1.82) is 0 Å². The SMILES string of the molecule is O=C(c1ccco1)N1CCN(c2ccc(-n3cccc3)cc2)CC1. The molecular formula is C19H19N3O2. The Hall–Kier alpha value is -2.95. The average molecular weight is 321 g/mol. The van der Waals surface area contributed by atoms with Gasteiger partial charge in [-0.05, 0) is 48.5 Å². The summed E-state index contributed by atoms with van der Waals surface area (Å²) >= 11 is 0. The highest BCUT2D eigenvalue weighted by Crippen LogP contribution is 2.20. The molecule has 0 saturated carbocycles. The summed E-state index contributed by atoms with van der Waals surface area (Å²) in [6.45, 7) is 3.07. The molecule has 5 nitrogen and oxygen atoms in total. The molecule has 0 radical (unpaired) electrons. The maximum absolute atomic E-state index is 12.3. The minimum atomic E-state index is -0.0254. The van der Waals surface area contributed by atoms with Crippen molar-refractivity contribution in [3.63, 3.8) is 0 Å². The molecule has 1 fully saturated rings. The Labute approximate surface area is 140 Å². The van der Waals surface area contributed by atoms with Crippen molar-refractivity contribution < 1.29 is 9.21 Å². The van der Waals surface area contributed by atoms with Crippen LogP contribution in [-0.2, 0) is 0 Å². The minimum absolute atomic E-state index is 0.0254. The van der Waals surface area contributed by atoms with E-state index in [1.165, 1.54) is 12.0 Å². The molecule has 0 atom stereocenters. The molecule has 1 aliphatic heterocycles. The molecule has 5 heteroatoms. The van der Waals surface area contributed by atoms with E-state index in [2.05, 4.69) is 33.7 Å². The van der Waals surface area contributed by atoms with E-state index in [4.69, 9.17) is 4.42 Å². The van der Waals surface area contributed by atoms with Gasteiger partial charge >= 0.3 is 0 Å². The Morgan fingerprint density at radius 1 is 0.833 bits per heavy atom. The summed E-state index contributed by atoms with van der Waals surface area (Å²) in [4.78, 5) is 16.5. The van der Waals surface area contributed by atoms with Crippen molar-refractivity contribution in [2.75, 3.05) is 31.1 Å². The first-order chi connectivity index (χ1) is 11.8. The normalized spacial score (nSPS) is 14.8. The lowest BCUT2D eigenvalue weighted by Gasteiger charge is -2.35. The Balaban J connectivity index is 1.40. The Morgan fingerprint density at radius 3 is 2.12 bits per heavy atom. The van der Waals surface area contributed by atoms with E-state index in [9.17, 15) is 4.79 Å². The molecule has 3 aromatic rings. The van der Waals surface area contributed by atoms with E-state index in [1.54, 1.807) is 12.1 Å². The highest BCUT2D eigenvalue weighted by atomic mass is 16.3. The van der Waals surface area contributed by atoms with Gasteiger partial charge in [0, 0.05) is 49.9 Å². The number of hydrogen-bond acceptors (Lipinski definition) is 3. The third-order valence-corrected chi connectivity index (χ3v) is 4.42. The van der Waals surface area contributed by atoms with Gasteiger partial charge in [0.05, 0.1) is 6.26 Å². The van der Waals surface area contributed by atoms with Gasteiger partial charge < -0.3 is 18.8 Å². The van der Waals surface area contributed by atoms with Crippen molar-refractivity contribution in [2.45, 2.75) is 0 Å². The van der Waals surface area contributed by atoms with E-state index in [0.717, 1.165) is 18.8 Å². The quantitative estimate of drug-likeness (QED) is 0.744. The van der Waals surface area contributed by atoms with Gasteiger partial charge in [-0.2, -0.15) is 0 Å². The zero-order chi connectivity index (χ0) is 16.4. The highest BCUT2D eigenvalue weighted by molar-refractivity contribution is 5.91. The number of carbonyl (C=O) groups excluding carboxylic acids is 1. The maximum atomic E-state index is 12.3. The van der Waals surface area contributed by atoms with Crippen molar-refractivity contribution in [1.82, 2.24) is 9.47 Å². The number of benzene rings is 1. The van der Waals surface area contributed by atoms with Crippen LogP contribution < -0.4 is 4.90 Å². The molecule has 3 heterocycles. The second-order valence-electron chi connectivity index (χ2n) is 5.86. The Morgan fingerprint density at radius 2 is 1.50 bits per heavy atom. The molecule has 1 aliphatic rings. The average Bonchev–Trinajstić information content (AvgIpc) is 3.35. The number of aromatic nitrogens is 1. The van der Waals surface area contributed by atoms with Crippen molar-refractivity contribution in [3.8, 4) is 5.69 Å². The zero-order valence-corrected chi connectivity index (χ0v) is 13.3. The molecule has 0 unspecified atom stereocenters. The summed E-state index contributed by atoms with van der Waals surface area (Å²) in [6, 6.07) is 16.0. The first-order valence-corrected chi connectivity index (χ1v) is 8.12. The van der Waals surface area contributed by atoms with Gasteiger partial charge in [-0.25, -0.2) is 0 Å². The number of rotatable bonds is 3. The third-order valence-electron chi connectivity index (χ3n) is 4.42. The van der Waals surface area contributed by atoms with Crippen molar-refractivity contribution in [3.05, 3.63) is 72.9 Å². The van der Waals surface area contributed by atoms with Crippen LogP contribution in [0, 0.1) is 0 Å². The lowest BCUT2D eigenvalue weighted by molar-refractivity contribution is 0.0714. The molecule has 24 heavy (non-hydrogen) atoms. The molecule has 1 aromatic carbocycles. The zero-order valence-electron chi connectivity index (χ0n) is 13.3. The van der Waals surface area contributed by atoms with E-state index in [-0.39, 0.29) is 5.91 Å². The molecule has 0 bridgehead atoms. The molecule has 122 valence electrons. The smallest absolute Gasteiger partial charge is 0.289 e. The molecule has 0 spiro atoms. The van der Waals surface area contributed by atoms with E-state index in [1.807, 2.05) is 29.4 Å². The van der Waals surface area contributed by atoms with Crippen LogP contribution >= 0.6 is 0 Å². The molecule has 1 saturated heterocycles. The van der Waals surface area contributed by atoms with Crippen LogP contribution in [0.5, 0.6) is 0 Å². The fourth-order valence-electron chi connectivity index (χ4n) is 3.07. The summed E-state index contributed by atoms with van der Waals surface area (Å²) in [5, 5.41) is 0. The second-order valence-corrected chi connectivity index (χ2v) is 5.86. The van der Waals surface area contributed by atoms with Gasteiger partial charge in [-0.3, -0.25) is 4.79 Å². The van der Waals surface area contributed by atoms with Crippen molar-refractivity contribution in [2.24, 2.45) is 0 Å². The van der Waals surface area contributed by atoms with Gasteiger partial charge in [0.2, 0.25) is 0 Å². The Bertz CT molecular complexity index is 784. The minimum Gasteiger partial charge on any atom is -0.459 e. The van der Waals surface area contributed by atoms with E-state index >= 15 is 0 Å². The molecule has 2 aromatic heterocycles. The van der Waals surface area contributed by atoms with Crippen LogP contribution in [0.25, 0.3) is 5.69 Å². The monoisotopic (exact) mass is 321 g/mol. The third kappa shape index (κ3) is 2.80. The standard InChI is InChI=1S/C19H19N3O2/c23-19(18-4-3-15-24-18)22-13-11-21(12-14-22)17-7-5-16(6-8-17)20-9-1-2-10-20/h1-10,15H,11-14H2. The topological polar surface area (TPSA) is 41.6 Å². The van der Waals surface area contributed by atoms with Crippen LogP contribution in [0.15, 0.2) is 71.6 Å². The molecular weight excluding hydrogens is 302 g/mol. The van der Waals surface area contributed by atoms with E-state index < -0.39 is 0 Å². The second kappa shape index (κ2) is 6.28. The number of amides is 1. The van der Waals surface area contributed by atoms with Crippen LogP contribution in [0.4, 0.5) is 5.69 Å². The molecule has 1 amide bonds. The summed E-state index contributed by atoms with van der Waals surface area (Å²) < 4.78 is 7.29. The lowest BCUT2D eigenvalue weighted by Crippen LogP contribution is -2.48. The first kappa shape index (κ1) is 14.6. The van der Waals surface area contributed by atoms with Gasteiger partial charge in [0.1, 0.15) is 0 Å². The van der Waals surface area contributed by atoms with E-state index in [0.29, 0.717) is 18.8 Å². The van der Waals surface area contributed by atoms with Crippen molar-refractivity contribution >= 4 is 11.6 Å². The number of hydrogen-bond donors (Lipinski definition) is 0. The molecule has 4 rings (SSSR count). The van der Waals surface area contributed by atoms with Gasteiger partial charge in [-0.1, -0.05) is 0 Å². The fourth-order valence-corrected chi connectivity index (χ4v) is 3.07. The number of piperazine rings is 1. The van der Waals surface area contributed by atoms with Gasteiger partial charge in [0.15, 0.2) is 5.76 Å². The molecule has 0 N–H and O–H groups in total. The van der Waals surface area contributed by atoms with Gasteiger partial charge in [-0.15, -0.1) is 0 Å². The van der Waals surface area contributed by atoms with Crippen LogP contribution in [0.3, 0.4) is 0 Å². The summed E-state index contributed by atoms with van der Waals surface area (Å²) in [6.07, 6.45) is 5.61. The van der Waals surface area contributed by atoms with Crippen LogP contribution in [0.2, 0.25) is 0 Å². The largest absolute Gasteiger partial charge is 0.459 e. The summed E-state index contributed by atoms with van der Waals surface area (Å²) in [5.41, 5.74) is 2.34.